The zero-order chi connectivity index (χ0) is 10.3. The second-order valence-corrected chi connectivity index (χ2v) is 4.56. The first-order chi connectivity index (χ1) is 6.53. The highest BCUT2D eigenvalue weighted by atomic mass is 79.9. The van der Waals surface area contributed by atoms with Crippen LogP contribution >= 0.6 is 40.2 Å². The summed E-state index contributed by atoms with van der Waals surface area (Å²) in [6.45, 7) is 1.49. The molecule has 0 spiro atoms. The van der Waals surface area contributed by atoms with E-state index in [0.717, 1.165) is 24.1 Å². The third-order valence-corrected chi connectivity index (χ3v) is 3.71. The average molecular weight is 317 g/mol. The van der Waals surface area contributed by atoms with Crippen LogP contribution in [0.4, 0.5) is 0 Å². The van der Waals surface area contributed by atoms with Crippen molar-refractivity contribution in [2.45, 2.75) is 16.9 Å². The molecule has 2 aliphatic rings. The molecule has 6 heteroatoms. The smallest absolute Gasteiger partial charge is 0.216 e. The fraction of sp³-hybridized carbons (Fsp3) is 0.556. The monoisotopic (exact) mass is 315 g/mol. The predicted octanol–water partition coefficient (Wildman–Crippen LogP) is 1.84. The molecule has 0 aromatic rings. The summed E-state index contributed by atoms with van der Waals surface area (Å²) in [6, 6.07) is 0. The van der Waals surface area contributed by atoms with E-state index in [1.165, 1.54) is 6.08 Å². The van der Waals surface area contributed by atoms with Crippen molar-refractivity contribution in [1.82, 2.24) is 5.32 Å². The molecule has 2 atom stereocenters. The molecule has 0 amide bonds. The number of aliphatic hydroxyl groups is 2. The molecule has 0 saturated carbocycles. The van der Waals surface area contributed by atoms with Crippen molar-refractivity contribution in [3.63, 3.8) is 0 Å². The molecule has 86 valence electrons. The topological polar surface area (TPSA) is 52.5 Å². The molecular weight excluding hydrogens is 305 g/mol. The van der Waals surface area contributed by atoms with Gasteiger partial charge in [0.25, 0.3) is 0 Å². The quantitative estimate of drug-likeness (QED) is 0.598. The van der Waals surface area contributed by atoms with E-state index in [2.05, 4.69) is 5.32 Å². The van der Waals surface area contributed by atoms with Gasteiger partial charge in [-0.3, -0.25) is 0 Å². The van der Waals surface area contributed by atoms with Crippen molar-refractivity contribution in [1.29, 1.82) is 0 Å². The number of nitrogens with one attached hydrogen (secondary N) is 1. The van der Waals surface area contributed by atoms with Crippen LogP contribution in [0.1, 0.15) is 6.42 Å². The van der Waals surface area contributed by atoms with Gasteiger partial charge in [0.2, 0.25) is 5.06 Å². The van der Waals surface area contributed by atoms with E-state index in [1.807, 2.05) is 0 Å². The Morgan fingerprint density at radius 2 is 2.20 bits per heavy atom. The third-order valence-electron chi connectivity index (χ3n) is 2.61. The maximum atomic E-state index is 9.71. The van der Waals surface area contributed by atoms with E-state index in [-0.39, 0.29) is 22.7 Å². The number of aliphatic hydroxyl groups excluding tert-OH is 1. The SMILES string of the molecule is Br.OC1=CC2=C(CCNC2)C(Cl)C1(O)Cl. The Morgan fingerprint density at radius 1 is 1.53 bits per heavy atom. The summed E-state index contributed by atoms with van der Waals surface area (Å²) in [5.41, 5.74) is 1.85. The Hall–Kier alpha value is 0.260. The molecule has 0 fully saturated rings. The van der Waals surface area contributed by atoms with Crippen LogP contribution in [0.5, 0.6) is 0 Å². The van der Waals surface area contributed by atoms with Crippen molar-refractivity contribution in [3.8, 4) is 0 Å². The minimum atomic E-state index is -1.85. The largest absolute Gasteiger partial charge is 0.508 e. The fourth-order valence-electron chi connectivity index (χ4n) is 1.78. The van der Waals surface area contributed by atoms with Crippen LogP contribution < -0.4 is 5.32 Å². The summed E-state index contributed by atoms with van der Waals surface area (Å²) >= 11 is 11.8. The minimum Gasteiger partial charge on any atom is -0.508 e. The second kappa shape index (κ2) is 4.63. The highest BCUT2D eigenvalue weighted by molar-refractivity contribution is 8.93. The summed E-state index contributed by atoms with van der Waals surface area (Å²) in [7, 11) is 0. The second-order valence-electron chi connectivity index (χ2n) is 3.54. The Balaban J connectivity index is 0.00000112. The number of alkyl halides is 2. The van der Waals surface area contributed by atoms with Gasteiger partial charge in [0.1, 0.15) is 11.1 Å². The normalized spacial score (nSPS) is 35.4. The van der Waals surface area contributed by atoms with E-state index in [4.69, 9.17) is 23.2 Å². The van der Waals surface area contributed by atoms with Gasteiger partial charge in [-0.2, -0.15) is 0 Å². The summed E-state index contributed by atoms with van der Waals surface area (Å²) in [4.78, 5) is 0. The van der Waals surface area contributed by atoms with Crippen molar-refractivity contribution < 1.29 is 10.2 Å². The molecule has 0 aromatic heterocycles. The van der Waals surface area contributed by atoms with E-state index in [1.54, 1.807) is 0 Å². The molecule has 0 aromatic carbocycles. The first kappa shape index (κ1) is 13.3. The lowest BCUT2D eigenvalue weighted by Crippen LogP contribution is -2.42. The molecule has 0 bridgehead atoms. The van der Waals surface area contributed by atoms with Gasteiger partial charge in [-0.15, -0.1) is 28.6 Å². The van der Waals surface area contributed by atoms with Gasteiger partial charge < -0.3 is 15.5 Å². The third kappa shape index (κ3) is 2.19. The summed E-state index contributed by atoms with van der Waals surface area (Å²) in [5, 5.41) is 19.8. The van der Waals surface area contributed by atoms with Crippen molar-refractivity contribution in [2.75, 3.05) is 13.1 Å². The molecule has 1 heterocycles. The number of halogens is 3. The molecule has 15 heavy (non-hydrogen) atoms. The van der Waals surface area contributed by atoms with Gasteiger partial charge in [0, 0.05) is 6.54 Å². The van der Waals surface area contributed by atoms with Crippen LogP contribution in [-0.2, 0) is 0 Å². The summed E-state index contributed by atoms with van der Waals surface area (Å²) in [5.74, 6) is -0.276. The molecule has 3 N–H and O–H groups in total. The maximum Gasteiger partial charge on any atom is 0.216 e. The molecular formula is C9H12BrCl2NO2. The van der Waals surface area contributed by atoms with Gasteiger partial charge in [-0.25, -0.2) is 0 Å². The van der Waals surface area contributed by atoms with Gasteiger partial charge >= 0.3 is 0 Å². The molecule has 2 unspecified atom stereocenters. The molecule has 2 rings (SSSR count). The zero-order valence-electron chi connectivity index (χ0n) is 7.83. The van der Waals surface area contributed by atoms with Crippen LogP contribution in [0.15, 0.2) is 23.0 Å². The average Bonchev–Trinajstić information content (AvgIpc) is 2.15. The molecule has 0 saturated heterocycles. The standard InChI is InChI=1S/C9H11Cl2NO2.BrH/c10-8-6-1-2-12-4-5(6)3-7(13)9(8,11)14;/h3,8,12-14H,1-2,4H2;1H. The lowest BCUT2D eigenvalue weighted by atomic mass is 9.89. The zero-order valence-corrected chi connectivity index (χ0v) is 11.1. The lowest BCUT2D eigenvalue weighted by Gasteiger charge is -2.34. The van der Waals surface area contributed by atoms with Crippen LogP contribution in [-0.4, -0.2) is 33.7 Å². The molecule has 1 aliphatic carbocycles. The van der Waals surface area contributed by atoms with Crippen LogP contribution in [0.2, 0.25) is 0 Å². The Kier molecular flexibility index (Phi) is 4.12. The van der Waals surface area contributed by atoms with Crippen LogP contribution in [0.3, 0.4) is 0 Å². The van der Waals surface area contributed by atoms with Crippen LogP contribution in [0.25, 0.3) is 0 Å². The van der Waals surface area contributed by atoms with Gasteiger partial charge in [-0.05, 0) is 30.2 Å². The van der Waals surface area contributed by atoms with Crippen molar-refractivity contribution in [3.05, 3.63) is 23.0 Å². The predicted molar refractivity (Wildman–Crippen MR) is 66.0 cm³/mol. The molecule has 0 radical (unpaired) electrons. The van der Waals surface area contributed by atoms with Gasteiger partial charge in [0.15, 0.2) is 0 Å². The first-order valence-corrected chi connectivity index (χ1v) is 5.24. The highest BCUT2D eigenvalue weighted by Gasteiger charge is 2.44. The number of rotatable bonds is 0. The highest BCUT2D eigenvalue weighted by Crippen LogP contribution is 2.40. The minimum absolute atomic E-state index is 0. The van der Waals surface area contributed by atoms with Gasteiger partial charge in [0.05, 0.1) is 0 Å². The fourth-order valence-corrected chi connectivity index (χ4v) is 2.33. The van der Waals surface area contributed by atoms with Crippen molar-refractivity contribution >= 4 is 40.2 Å². The molecule has 1 aliphatic heterocycles. The van der Waals surface area contributed by atoms with Crippen LogP contribution in [0, 0.1) is 0 Å². The Labute approximate surface area is 109 Å². The van der Waals surface area contributed by atoms with Crippen molar-refractivity contribution in [2.24, 2.45) is 0 Å². The molecule has 3 nitrogen and oxygen atoms in total. The van der Waals surface area contributed by atoms with E-state index in [9.17, 15) is 10.2 Å². The first-order valence-electron chi connectivity index (χ1n) is 4.42. The van der Waals surface area contributed by atoms with E-state index >= 15 is 0 Å². The number of hydrogen-bond acceptors (Lipinski definition) is 3. The maximum absolute atomic E-state index is 9.71. The Bertz CT molecular complexity index is 328. The summed E-state index contributed by atoms with van der Waals surface area (Å²) in [6.07, 6.45) is 2.25. The Morgan fingerprint density at radius 3 is 2.87 bits per heavy atom. The van der Waals surface area contributed by atoms with Gasteiger partial charge in [-0.1, -0.05) is 11.6 Å². The van der Waals surface area contributed by atoms with E-state index < -0.39 is 10.4 Å². The summed E-state index contributed by atoms with van der Waals surface area (Å²) < 4.78 is 0. The van der Waals surface area contributed by atoms with E-state index in [0.29, 0.717) is 6.54 Å². The lowest BCUT2D eigenvalue weighted by molar-refractivity contribution is 0.112. The number of hydrogen-bond donors (Lipinski definition) is 3.